The lowest BCUT2D eigenvalue weighted by Crippen LogP contribution is -2.46. The molecule has 5 nitrogen and oxygen atoms in total. The van der Waals surface area contributed by atoms with Gasteiger partial charge >= 0.3 is 12.0 Å². The van der Waals surface area contributed by atoms with Crippen LogP contribution in [-0.4, -0.2) is 24.6 Å². The van der Waals surface area contributed by atoms with Crippen molar-refractivity contribution in [3.05, 3.63) is 84.4 Å². The number of benzene rings is 3. The van der Waals surface area contributed by atoms with Crippen LogP contribution in [0.3, 0.4) is 0 Å². The van der Waals surface area contributed by atoms with Crippen molar-refractivity contribution in [2.75, 3.05) is 11.4 Å². The van der Waals surface area contributed by atoms with Gasteiger partial charge in [0.2, 0.25) is 0 Å². The third kappa shape index (κ3) is 7.89. The summed E-state index contributed by atoms with van der Waals surface area (Å²) in [6.45, 7) is 2.04. The molecule has 0 radical (unpaired) electrons. The molecule has 1 saturated carbocycles. The summed E-state index contributed by atoms with van der Waals surface area (Å²) in [4.78, 5) is 28.6. The Kier molecular flexibility index (Phi) is 9.45. The molecule has 1 aliphatic carbocycles. The van der Waals surface area contributed by atoms with Gasteiger partial charge in [-0.2, -0.15) is 0 Å². The van der Waals surface area contributed by atoms with Gasteiger partial charge in [-0.1, -0.05) is 73.5 Å². The molecule has 4 rings (SSSR count). The van der Waals surface area contributed by atoms with Crippen molar-refractivity contribution in [3.63, 3.8) is 0 Å². The summed E-state index contributed by atoms with van der Waals surface area (Å²) in [5.74, 6) is 0.187. The molecule has 0 aromatic heterocycles. The third-order valence-electron chi connectivity index (χ3n) is 6.30. The lowest BCUT2D eigenvalue weighted by molar-refractivity contribution is -0.131. The van der Waals surface area contributed by atoms with Gasteiger partial charge in [0, 0.05) is 35.0 Å². The number of aryl methyl sites for hydroxylation is 1. The number of hydrogen-bond donors (Lipinski definition) is 1. The Bertz CT molecular complexity index is 1150. The molecule has 3 aromatic rings. The van der Waals surface area contributed by atoms with Crippen LogP contribution in [0.2, 0.25) is 0 Å². The molecule has 0 aliphatic heterocycles. The van der Waals surface area contributed by atoms with Crippen molar-refractivity contribution in [2.45, 2.75) is 67.7 Å². The van der Waals surface area contributed by atoms with Gasteiger partial charge in [0.1, 0.15) is 5.75 Å². The van der Waals surface area contributed by atoms with Crippen molar-refractivity contribution in [3.8, 4) is 5.75 Å². The molecule has 6 heteroatoms. The quantitative estimate of drug-likeness (QED) is 0.247. The molecule has 0 saturated heterocycles. The highest BCUT2D eigenvalue weighted by atomic mass is 32.2. The average Bonchev–Trinajstić information content (AvgIpc) is 2.88. The van der Waals surface area contributed by atoms with Gasteiger partial charge < -0.3 is 10.1 Å². The van der Waals surface area contributed by atoms with Crippen molar-refractivity contribution in [1.29, 1.82) is 0 Å². The van der Waals surface area contributed by atoms with Gasteiger partial charge in [-0.25, -0.2) is 4.79 Å². The molecule has 36 heavy (non-hydrogen) atoms. The molecular weight excluding hydrogens is 468 g/mol. The molecule has 0 heterocycles. The molecule has 0 atom stereocenters. The number of anilines is 1. The number of amides is 2. The van der Waals surface area contributed by atoms with Gasteiger partial charge in [-0.15, -0.1) is 0 Å². The minimum absolute atomic E-state index is 0.0195. The van der Waals surface area contributed by atoms with Gasteiger partial charge in [-0.05, 0) is 67.6 Å². The largest absolute Gasteiger partial charge is 0.427 e. The summed E-state index contributed by atoms with van der Waals surface area (Å²) in [7, 11) is 0. The fourth-order valence-electron chi connectivity index (χ4n) is 4.55. The summed E-state index contributed by atoms with van der Waals surface area (Å²) in [6, 6.07) is 26.2. The second kappa shape index (κ2) is 13.2. The minimum atomic E-state index is -0.339. The second-order valence-corrected chi connectivity index (χ2v) is 10.3. The second-order valence-electron chi connectivity index (χ2n) is 9.19. The Morgan fingerprint density at radius 3 is 2.39 bits per heavy atom. The molecule has 0 unspecified atom stereocenters. The zero-order valence-corrected chi connectivity index (χ0v) is 21.6. The zero-order valence-electron chi connectivity index (χ0n) is 20.8. The Balaban J connectivity index is 1.49. The molecular formula is C30H34N2O3S. The van der Waals surface area contributed by atoms with Crippen LogP contribution in [0.15, 0.2) is 88.7 Å². The van der Waals surface area contributed by atoms with Gasteiger partial charge in [-0.3, -0.25) is 9.69 Å². The summed E-state index contributed by atoms with van der Waals surface area (Å²) in [5, 5.41) is 3.29. The van der Waals surface area contributed by atoms with Crippen molar-refractivity contribution >= 4 is 29.4 Å². The Hall–Kier alpha value is -3.25. The van der Waals surface area contributed by atoms with Crippen LogP contribution in [0, 0.1) is 0 Å². The third-order valence-corrected chi connectivity index (χ3v) is 7.28. The van der Waals surface area contributed by atoms with E-state index in [1.165, 1.54) is 31.7 Å². The van der Waals surface area contributed by atoms with Crippen molar-refractivity contribution in [2.24, 2.45) is 0 Å². The first-order valence-corrected chi connectivity index (χ1v) is 13.6. The fraction of sp³-hybridized carbons (Fsp3) is 0.333. The van der Waals surface area contributed by atoms with E-state index in [0.717, 1.165) is 41.2 Å². The van der Waals surface area contributed by atoms with Gasteiger partial charge in [0.05, 0.1) is 0 Å². The molecule has 0 spiro atoms. The highest BCUT2D eigenvalue weighted by Gasteiger charge is 2.21. The first-order chi connectivity index (χ1) is 17.6. The molecule has 2 amide bonds. The summed E-state index contributed by atoms with van der Waals surface area (Å²) in [5.41, 5.74) is 2.17. The fourth-order valence-corrected chi connectivity index (χ4v) is 5.47. The number of nitrogens with zero attached hydrogens (tertiary/aromatic N) is 1. The van der Waals surface area contributed by atoms with E-state index in [9.17, 15) is 9.59 Å². The Morgan fingerprint density at radius 2 is 1.64 bits per heavy atom. The predicted molar refractivity (Wildman–Crippen MR) is 146 cm³/mol. The maximum Gasteiger partial charge on any atom is 0.322 e. The lowest BCUT2D eigenvalue weighted by atomic mass is 9.96. The van der Waals surface area contributed by atoms with E-state index >= 15 is 0 Å². The van der Waals surface area contributed by atoms with Crippen LogP contribution in [-0.2, 0) is 11.2 Å². The van der Waals surface area contributed by atoms with E-state index in [1.807, 2.05) is 47.4 Å². The number of ether oxygens (including phenoxy) is 1. The smallest absolute Gasteiger partial charge is 0.322 e. The normalized spacial score (nSPS) is 13.7. The van der Waals surface area contributed by atoms with E-state index in [1.54, 1.807) is 17.8 Å². The van der Waals surface area contributed by atoms with Crippen LogP contribution in [0.1, 0.15) is 51.0 Å². The summed E-state index contributed by atoms with van der Waals surface area (Å²) >= 11 is 1.58. The van der Waals surface area contributed by atoms with Crippen LogP contribution in [0.25, 0.3) is 0 Å². The highest BCUT2D eigenvalue weighted by molar-refractivity contribution is 7.99. The number of carbonyl (C=O) groups excluding carboxylic acids is 2. The number of rotatable bonds is 9. The molecule has 1 fully saturated rings. The average molecular weight is 503 g/mol. The monoisotopic (exact) mass is 502 g/mol. The topological polar surface area (TPSA) is 58.6 Å². The predicted octanol–water partition coefficient (Wildman–Crippen LogP) is 7.24. The Morgan fingerprint density at radius 1 is 0.917 bits per heavy atom. The minimum Gasteiger partial charge on any atom is -0.427 e. The standard InChI is InChI=1S/C30H34N2O3S/c1-23(33)35-27-17-9-19-29(22-27)36-28-18-8-16-26(21-28)32(20-10-13-24-11-4-2-5-12-24)30(34)31-25-14-6-3-7-15-25/h2,4-5,8-9,11-12,16-19,21-22,25H,3,6-7,10,13-15,20H2,1H3,(H,31,34). The summed E-state index contributed by atoms with van der Waals surface area (Å²) in [6.07, 6.45) is 7.52. The van der Waals surface area contributed by atoms with Crippen LogP contribution < -0.4 is 15.0 Å². The number of urea groups is 1. The molecule has 0 bridgehead atoms. The first kappa shape index (κ1) is 25.8. The maximum absolute atomic E-state index is 13.4. The Labute approximate surface area is 218 Å². The summed E-state index contributed by atoms with van der Waals surface area (Å²) < 4.78 is 5.23. The number of hydrogen-bond acceptors (Lipinski definition) is 4. The highest BCUT2D eigenvalue weighted by Crippen LogP contribution is 2.32. The van der Waals surface area contributed by atoms with Crippen molar-refractivity contribution in [1.82, 2.24) is 5.32 Å². The van der Waals surface area contributed by atoms with E-state index in [0.29, 0.717) is 12.3 Å². The van der Waals surface area contributed by atoms with E-state index < -0.39 is 0 Å². The number of esters is 1. The van der Waals surface area contributed by atoms with E-state index in [-0.39, 0.29) is 18.0 Å². The number of carbonyl (C=O) groups is 2. The zero-order chi connectivity index (χ0) is 25.2. The lowest BCUT2D eigenvalue weighted by Gasteiger charge is -2.29. The SMILES string of the molecule is CC(=O)Oc1cccc(Sc2cccc(N(CCCc3ccccc3)C(=O)NC3CCCCC3)c2)c1. The van der Waals surface area contributed by atoms with Crippen LogP contribution in [0.4, 0.5) is 10.5 Å². The molecule has 1 N–H and O–H groups in total. The number of nitrogens with one attached hydrogen (secondary N) is 1. The molecule has 188 valence electrons. The van der Waals surface area contributed by atoms with Gasteiger partial charge in [0.15, 0.2) is 0 Å². The van der Waals surface area contributed by atoms with E-state index in [2.05, 4.69) is 35.6 Å². The van der Waals surface area contributed by atoms with Crippen LogP contribution >= 0.6 is 11.8 Å². The van der Waals surface area contributed by atoms with Gasteiger partial charge in [0.25, 0.3) is 0 Å². The first-order valence-electron chi connectivity index (χ1n) is 12.8. The van der Waals surface area contributed by atoms with Crippen molar-refractivity contribution < 1.29 is 14.3 Å². The molecule has 3 aromatic carbocycles. The molecule has 1 aliphatic rings. The maximum atomic E-state index is 13.4. The van der Waals surface area contributed by atoms with Crippen LogP contribution in [0.5, 0.6) is 5.75 Å². The van der Waals surface area contributed by atoms with E-state index in [4.69, 9.17) is 4.74 Å².